The van der Waals surface area contributed by atoms with Gasteiger partial charge in [0.2, 0.25) is 0 Å². The lowest BCUT2D eigenvalue weighted by atomic mass is 10.2. The van der Waals surface area contributed by atoms with Crippen LogP contribution in [-0.2, 0) is 19.7 Å². The molecule has 0 spiro atoms. The van der Waals surface area contributed by atoms with E-state index in [1.54, 1.807) is 25.5 Å². The fourth-order valence-corrected chi connectivity index (χ4v) is 2.01. The van der Waals surface area contributed by atoms with Crippen molar-refractivity contribution in [2.45, 2.75) is 45.8 Å². The Balaban J connectivity index is 4.54. The SMILES string of the molecule is CCC[C@@H](NS(=O)(=O)NC(=O)OC(C)C)C(=O)O. The van der Waals surface area contributed by atoms with Crippen LogP contribution in [0.3, 0.4) is 0 Å². The summed E-state index contributed by atoms with van der Waals surface area (Å²) < 4.78 is 30.8. The molecular formula is C9H18N2O6S. The molecule has 0 aromatic carbocycles. The first-order chi connectivity index (χ1) is 8.18. The number of carbonyl (C=O) groups is 2. The maximum Gasteiger partial charge on any atom is 0.422 e. The van der Waals surface area contributed by atoms with Crippen molar-refractivity contribution in [3.05, 3.63) is 0 Å². The van der Waals surface area contributed by atoms with Gasteiger partial charge < -0.3 is 9.84 Å². The minimum absolute atomic E-state index is 0.121. The molecule has 0 bridgehead atoms. The number of aliphatic carboxylic acids is 1. The van der Waals surface area contributed by atoms with E-state index in [-0.39, 0.29) is 6.42 Å². The standard InChI is InChI=1S/C9H18N2O6S/c1-4-5-7(8(12)13)10-18(15,16)11-9(14)17-6(2)3/h6-7,10H,4-5H2,1-3H3,(H,11,14)(H,12,13)/t7-/m1/s1. The lowest BCUT2D eigenvalue weighted by molar-refractivity contribution is -0.139. The molecule has 0 unspecified atom stereocenters. The van der Waals surface area contributed by atoms with Crippen LogP contribution in [0, 0.1) is 0 Å². The summed E-state index contributed by atoms with van der Waals surface area (Å²) >= 11 is 0. The number of carboxylic acids is 1. The van der Waals surface area contributed by atoms with E-state index in [1.165, 1.54) is 0 Å². The Hall–Kier alpha value is -1.35. The number of nitrogens with one attached hydrogen (secondary N) is 2. The van der Waals surface area contributed by atoms with E-state index in [1.807, 2.05) is 4.72 Å². The number of amides is 1. The molecule has 0 heterocycles. The highest BCUT2D eigenvalue weighted by molar-refractivity contribution is 7.88. The van der Waals surface area contributed by atoms with Gasteiger partial charge in [0.1, 0.15) is 6.04 Å². The molecule has 9 heteroatoms. The predicted molar refractivity (Wildman–Crippen MR) is 63.1 cm³/mol. The average molecular weight is 282 g/mol. The number of hydrogen-bond donors (Lipinski definition) is 3. The topological polar surface area (TPSA) is 122 Å². The first-order valence-corrected chi connectivity index (χ1v) is 6.89. The van der Waals surface area contributed by atoms with Crippen LogP contribution in [0.15, 0.2) is 0 Å². The predicted octanol–water partition coefficient (Wildman–Crippen LogP) is 0.209. The summed E-state index contributed by atoms with van der Waals surface area (Å²) in [5, 5.41) is 8.78. The zero-order chi connectivity index (χ0) is 14.3. The molecule has 1 atom stereocenters. The van der Waals surface area contributed by atoms with Gasteiger partial charge in [-0.3, -0.25) is 4.79 Å². The van der Waals surface area contributed by atoms with Crippen LogP contribution in [0.1, 0.15) is 33.6 Å². The molecule has 0 rings (SSSR count). The third-order valence-corrected chi connectivity index (χ3v) is 2.76. The van der Waals surface area contributed by atoms with E-state index in [0.29, 0.717) is 6.42 Å². The number of carboxylic acid groups (broad SMARTS) is 1. The lowest BCUT2D eigenvalue weighted by Gasteiger charge is -2.15. The summed E-state index contributed by atoms with van der Waals surface area (Å²) in [6, 6.07) is -1.28. The van der Waals surface area contributed by atoms with E-state index in [9.17, 15) is 18.0 Å². The normalized spacial score (nSPS) is 13.1. The highest BCUT2D eigenvalue weighted by Gasteiger charge is 2.25. The average Bonchev–Trinajstić information content (AvgIpc) is 2.13. The molecule has 0 saturated heterocycles. The van der Waals surface area contributed by atoms with Gasteiger partial charge in [0.05, 0.1) is 6.10 Å². The molecule has 106 valence electrons. The highest BCUT2D eigenvalue weighted by atomic mass is 32.2. The van der Waals surface area contributed by atoms with E-state index in [4.69, 9.17) is 5.11 Å². The van der Waals surface area contributed by atoms with Gasteiger partial charge in [0.25, 0.3) is 0 Å². The van der Waals surface area contributed by atoms with Gasteiger partial charge in [-0.05, 0) is 20.3 Å². The third kappa shape index (κ3) is 7.07. The zero-order valence-corrected chi connectivity index (χ0v) is 11.3. The molecule has 3 N–H and O–H groups in total. The Morgan fingerprint density at radius 1 is 1.33 bits per heavy atom. The van der Waals surface area contributed by atoms with Crippen LogP contribution in [-0.4, -0.2) is 37.7 Å². The van der Waals surface area contributed by atoms with Crippen molar-refractivity contribution in [1.82, 2.24) is 9.44 Å². The molecule has 0 fully saturated rings. The molecule has 0 aliphatic heterocycles. The second kappa shape index (κ2) is 7.17. The van der Waals surface area contributed by atoms with Gasteiger partial charge in [-0.25, -0.2) is 9.52 Å². The van der Waals surface area contributed by atoms with E-state index < -0.39 is 34.4 Å². The van der Waals surface area contributed by atoms with Crippen LogP contribution < -0.4 is 9.44 Å². The number of ether oxygens (including phenoxy) is 1. The van der Waals surface area contributed by atoms with Crippen LogP contribution in [0.4, 0.5) is 4.79 Å². The van der Waals surface area contributed by atoms with E-state index in [2.05, 4.69) is 4.74 Å². The summed E-state index contributed by atoms with van der Waals surface area (Å²) in [4.78, 5) is 21.8. The fraction of sp³-hybridized carbons (Fsp3) is 0.778. The Kier molecular flexibility index (Phi) is 6.63. The van der Waals surface area contributed by atoms with Crippen molar-refractivity contribution in [2.75, 3.05) is 0 Å². The maximum absolute atomic E-state index is 11.4. The van der Waals surface area contributed by atoms with Gasteiger partial charge in [-0.1, -0.05) is 13.3 Å². The molecule has 8 nitrogen and oxygen atoms in total. The summed E-state index contributed by atoms with van der Waals surface area (Å²) in [6.45, 7) is 4.82. The monoisotopic (exact) mass is 282 g/mol. The Morgan fingerprint density at radius 3 is 2.28 bits per heavy atom. The summed E-state index contributed by atoms with van der Waals surface area (Å²) in [5.41, 5.74) is 0. The van der Waals surface area contributed by atoms with Crippen LogP contribution in [0.2, 0.25) is 0 Å². The molecule has 0 saturated carbocycles. The molecule has 1 amide bonds. The number of hydrogen-bond acceptors (Lipinski definition) is 5. The molecule has 0 aromatic heterocycles. The van der Waals surface area contributed by atoms with E-state index >= 15 is 0 Å². The smallest absolute Gasteiger partial charge is 0.422 e. The van der Waals surface area contributed by atoms with Crippen molar-refractivity contribution in [3.63, 3.8) is 0 Å². The Bertz CT molecular complexity index is 392. The van der Waals surface area contributed by atoms with E-state index in [0.717, 1.165) is 0 Å². The largest absolute Gasteiger partial charge is 0.480 e. The lowest BCUT2D eigenvalue weighted by Crippen LogP contribution is -2.48. The fourth-order valence-electron chi connectivity index (χ4n) is 1.09. The molecule has 0 aliphatic carbocycles. The quantitative estimate of drug-likeness (QED) is 0.613. The highest BCUT2D eigenvalue weighted by Crippen LogP contribution is 1.99. The second-order valence-electron chi connectivity index (χ2n) is 3.86. The molecular weight excluding hydrogens is 264 g/mol. The van der Waals surface area contributed by atoms with Gasteiger partial charge in [0.15, 0.2) is 0 Å². The number of carbonyl (C=O) groups excluding carboxylic acids is 1. The van der Waals surface area contributed by atoms with Gasteiger partial charge >= 0.3 is 22.3 Å². The molecule has 0 aliphatic rings. The van der Waals surface area contributed by atoms with Crippen molar-refractivity contribution >= 4 is 22.3 Å². The summed E-state index contributed by atoms with van der Waals surface area (Å²) in [6.07, 6.45) is -1.03. The summed E-state index contributed by atoms with van der Waals surface area (Å²) in [7, 11) is -4.25. The van der Waals surface area contributed by atoms with Crippen molar-refractivity contribution in [2.24, 2.45) is 0 Å². The molecule has 0 radical (unpaired) electrons. The summed E-state index contributed by atoms with van der Waals surface area (Å²) in [5.74, 6) is -1.31. The van der Waals surface area contributed by atoms with Crippen LogP contribution >= 0.6 is 0 Å². The van der Waals surface area contributed by atoms with Crippen LogP contribution in [0.25, 0.3) is 0 Å². The van der Waals surface area contributed by atoms with Gasteiger partial charge in [0, 0.05) is 0 Å². The van der Waals surface area contributed by atoms with Crippen molar-refractivity contribution < 1.29 is 27.9 Å². The minimum Gasteiger partial charge on any atom is -0.480 e. The first-order valence-electron chi connectivity index (χ1n) is 5.41. The van der Waals surface area contributed by atoms with Crippen molar-refractivity contribution in [1.29, 1.82) is 0 Å². The van der Waals surface area contributed by atoms with Crippen molar-refractivity contribution in [3.8, 4) is 0 Å². The first kappa shape index (κ1) is 16.6. The third-order valence-electron chi connectivity index (χ3n) is 1.73. The number of rotatable bonds is 7. The zero-order valence-electron chi connectivity index (χ0n) is 10.5. The Labute approximate surface area is 106 Å². The molecule has 0 aromatic rings. The van der Waals surface area contributed by atoms with Crippen LogP contribution in [0.5, 0.6) is 0 Å². The maximum atomic E-state index is 11.4. The van der Waals surface area contributed by atoms with Gasteiger partial charge in [-0.15, -0.1) is 0 Å². The second-order valence-corrected chi connectivity index (χ2v) is 5.30. The van der Waals surface area contributed by atoms with Gasteiger partial charge in [-0.2, -0.15) is 13.1 Å². The molecule has 18 heavy (non-hydrogen) atoms. The Morgan fingerprint density at radius 2 is 1.89 bits per heavy atom. The minimum atomic E-state index is -4.25.